The van der Waals surface area contributed by atoms with Gasteiger partial charge < -0.3 is 10.2 Å². The van der Waals surface area contributed by atoms with Crippen LogP contribution in [-0.4, -0.2) is 17.9 Å². The predicted octanol–water partition coefficient (Wildman–Crippen LogP) is 5.23. The predicted molar refractivity (Wildman–Crippen MR) is 112 cm³/mol. The van der Waals surface area contributed by atoms with Crippen molar-refractivity contribution in [2.24, 2.45) is 0 Å². The molecule has 4 heteroatoms. The lowest BCUT2D eigenvalue weighted by atomic mass is 10.0. The molecule has 0 spiro atoms. The zero-order valence-electron chi connectivity index (χ0n) is 16.1. The summed E-state index contributed by atoms with van der Waals surface area (Å²) in [7, 11) is 1.96. The Morgan fingerprint density at radius 1 is 0.926 bits per heavy atom. The molecule has 138 valence electrons. The molecule has 27 heavy (non-hydrogen) atoms. The van der Waals surface area contributed by atoms with E-state index in [4.69, 9.17) is 0 Å². The number of rotatable bonds is 6. The number of amides is 1. The second-order valence-corrected chi connectivity index (χ2v) is 6.41. The highest BCUT2D eigenvalue weighted by Gasteiger charge is 2.13. The van der Waals surface area contributed by atoms with Crippen molar-refractivity contribution < 1.29 is 4.79 Å². The van der Waals surface area contributed by atoms with Crippen molar-refractivity contribution in [1.82, 2.24) is 4.98 Å². The van der Waals surface area contributed by atoms with Crippen LogP contribution in [0.5, 0.6) is 0 Å². The summed E-state index contributed by atoms with van der Waals surface area (Å²) in [6, 6.07) is 19.9. The summed E-state index contributed by atoms with van der Waals surface area (Å²) in [5.41, 5.74) is 4.82. The summed E-state index contributed by atoms with van der Waals surface area (Å²) in [5.74, 6) is 0.660. The second kappa shape index (κ2) is 8.49. The van der Waals surface area contributed by atoms with Crippen LogP contribution in [0.1, 0.15) is 35.3 Å². The van der Waals surface area contributed by atoms with Gasteiger partial charge in [0.05, 0.1) is 5.56 Å². The molecule has 3 rings (SSSR count). The summed E-state index contributed by atoms with van der Waals surface area (Å²) in [6.07, 6.45) is 3.38. The van der Waals surface area contributed by atoms with E-state index in [1.165, 1.54) is 0 Å². The van der Waals surface area contributed by atoms with Gasteiger partial charge in [-0.05, 0) is 48.2 Å². The van der Waals surface area contributed by atoms with Crippen LogP contribution in [-0.2, 0) is 12.8 Å². The van der Waals surface area contributed by atoms with E-state index >= 15 is 0 Å². The quantitative estimate of drug-likeness (QED) is 0.656. The van der Waals surface area contributed by atoms with E-state index < -0.39 is 0 Å². The molecule has 3 aromatic rings. The topological polar surface area (TPSA) is 45.2 Å². The number of pyridine rings is 1. The average Bonchev–Trinajstić information content (AvgIpc) is 2.74. The number of anilines is 3. The van der Waals surface area contributed by atoms with Crippen molar-refractivity contribution in [2.45, 2.75) is 26.7 Å². The summed E-state index contributed by atoms with van der Waals surface area (Å²) < 4.78 is 0. The smallest absolute Gasteiger partial charge is 0.257 e. The Morgan fingerprint density at radius 3 is 2.15 bits per heavy atom. The van der Waals surface area contributed by atoms with Crippen molar-refractivity contribution in [2.75, 3.05) is 17.3 Å². The maximum atomic E-state index is 12.7. The molecular weight excluding hydrogens is 334 g/mol. The van der Waals surface area contributed by atoms with E-state index in [1.54, 1.807) is 6.20 Å². The number of carbonyl (C=O) groups excluding carboxylic acids is 1. The van der Waals surface area contributed by atoms with Crippen molar-refractivity contribution >= 4 is 23.1 Å². The number of para-hydroxylation sites is 2. The molecule has 1 amide bonds. The van der Waals surface area contributed by atoms with Gasteiger partial charge in [0.15, 0.2) is 0 Å². The number of aromatic nitrogens is 1. The Kier molecular flexibility index (Phi) is 5.87. The fourth-order valence-electron chi connectivity index (χ4n) is 3.09. The normalized spacial score (nSPS) is 10.5. The summed E-state index contributed by atoms with van der Waals surface area (Å²) >= 11 is 0. The van der Waals surface area contributed by atoms with Crippen molar-refractivity contribution in [3.63, 3.8) is 0 Å². The Balaban J connectivity index is 1.79. The Labute approximate surface area is 160 Å². The lowest BCUT2D eigenvalue weighted by Gasteiger charge is -2.18. The minimum atomic E-state index is -0.132. The van der Waals surface area contributed by atoms with Crippen molar-refractivity contribution in [3.8, 4) is 0 Å². The first-order chi connectivity index (χ1) is 13.1. The maximum absolute atomic E-state index is 12.7. The van der Waals surface area contributed by atoms with E-state index in [9.17, 15) is 4.79 Å². The third-order valence-electron chi connectivity index (χ3n) is 4.73. The van der Waals surface area contributed by atoms with E-state index in [-0.39, 0.29) is 5.91 Å². The lowest BCUT2D eigenvalue weighted by molar-refractivity contribution is 0.102. The highest BCUT2D eigenvalue weighted by atomic mass is 16.1. The molecule has 0 aliphatic heterocycles. The molecule has 1 heterocycles. The lowest BCUT2D eigenvalue weighted by Crippen LogP contribution is -2.16. The summed E-state index contributed by atoms with van der Waals surface area (Å²) in [6.45, 7) is 4.19. The minimum absolute atomic E-state index is 0.132. The van der Waals surface area contributed by atoms with Crippen LogP contribution in [0.3, 0.4) is 0 Å². The van der Waals surface area contributed by atoms with Crippen LogP contribution >= 0.6 is 0 Å². The fourth-order valence-corrected chi connectivity index (χ4v) is 3.09. The molecule has 0 bridgehead atoms. The number of aryl methyl sites for hydroxylation is 2. The Morgan fingerprint density at radius 2 is 1.59 bits per heavy atom. The summed E-state index contributed by atoms with van der Waals surface area (Å²) in [4.78, 5) is 19.2. The number of hydrogen-bond acceptors (Lipinski definition) is 3. The molecule has 0 saturated heterocycles. The third kappa shape index (κ3) is 4.17. The maximum Gasteiger partial charge on any atom is 0.257 e. The van der Waals surface area contributed by atoms with Gasteiger partial charge in [-0.3, -0.25) is 4.79 Å². The first kappa shape index (κ1) is 18.6. The molecule has 0 atom stereocenters. The molecule has 1 aromatic heterocycles. The van der Waals surface area contributed by atoms with Gasteiger partial charge in [0.25, 0.3) is 5.91 Å². The molecule has 0 radical (unpaired) electrons. The van der Waals surface area contributed by atoms with Gasteiger partial charge in [-0.25, -0.2) is 4.98 Å². The standard InChI is InChI=1S/C23H25N3O/c1-4-17-10-9-11-18(5-2)22(17)25-23(27)19-14-15-21(24-16-19)26(3)20-12-7-6-8-13-20/h6-16H,4-5H2,1-3H3,(H,25,27). The third-order valence-corrected chi connectivity index (χ3v) is 4.73. The van der Waals surface area contributed by atoms with Crippen LogP contribution in [0.4, 0.5) is 17.2 Å². The second-order valence-electron chi connectivity index (χ2n) is 6.41. The van der Waals surface area contributed by atoms with Crippen molar-refractivity contribution in [3.05, 3.63) is 83.6 Å². The van der Waals surface area contributed by atoms with Gasteiger partial charge in [-0.15, -0.1) is 0 Å². The molecule has 0 aliphatic carbocycles. The zero-order chi connectivity index (χ0) is 19.2. The Bertz CT molecular complexity index is 882. The highest BCUT2D eigenvalue weighted by molar-refractivity contribution is 6.05. The zero-order valence-corrected chi connectivity index (χ0v) is 16.1. The number of nitrogens with zero attached hydrogens (tertiary/aromatic N) is 2. The van der Waals surface area contributed by atoms with Crippen LogP contribution in [0.2, 0.25) is 0 Å². The average molecular weight is 359 g/mol. The SMILES string of the molecule is CCc1cccc(CC)c1NC(=O)c1ccc(N(C)c2ccccc2)nc1. The summed E-state index contributed by atoms with van der Waals surface area (Å²) in [5, 5.41) is 3.09. The minimum Gasteiger partial charge on any atom is -0.329 e. The van der Waals surface area contributed by atoms with E-state index in [0.29, 0.717) is 5.56 Å². The van der Waals surface area contributed by atoms with Crippen LogP contribution in [0.15, 0.2) is 66.9 Å². The van der Waals surface area contributed by atoms with Crippen molar-refractivity contribution in [1.29, 1.82) is 0 Å². The number of nitrogens with one attached hydrogen (secondary N) is 1. The monoisotopic (exact) mass is 359 g/mol. The number of benzene rings is 2. The van der Waals surface area contributed by atoms with E-state index in [0.717, 1.165) is 41.2 Å². The molecule has 4 nitrogen and oxygen atoms in total. The van der Waals surface area contributed by atoms with Crippen LogP contribution in [0, 0.1) is 0 Å². The molecule has 0 fully saturated rings. The molecular formula is C23H25N3O. The van der Waals surface area contributed by atoms with Gasteiger partial charge in [0.2, 0.25) is 0 Å². The first-order valence-corrected chi connectivity index (χ1v) is 9.31. The largest absolute Gasteiger partial charge is 0.329 e. The van der Waals surface area contributed by atoms with Gasteiger partial charge in [-0.1, -0.05) is 50.2 Å². The molecule has 0 unspecified atom stereocenters. The van der Waals surface area contributed by atoms with E-state index in [2.05, 4.69) is 36.3 Å². The molecule has 1 N–H and O–H groups in total. The molecule has 0 aliphatic rings. The number of hydrogen-bond donors (Lipinski definition) is 1. The molecule has 0 saturated carbocycles. The van der Waals surface area contributed by atoms with Gasteiger partial charge in [-0.2, -0.15) is 0 Å². The van der Waals surface area contributed by atoms with Gasteiger partial charge in [0, 0.05) is 24.6 Å². The van der Waals surface area contributed by atoms with Crippen LogP contribution in [0.25, 0.3) is 0 Å². The van der Waals surface area contributed by atoms with Gasteiger partial charge >= 0.3 is 0 Å². The van der Waals surface area contributed by atoms with Gasteiger partial charge in [0.1, 0.15) is 5.82 Å². The fraction of sp³-hybridized carbons (Fsp3) is 0.217. The molecule has 2 aromatic carbocycles. The van der Waals surface area contributed by atoms with E-state index in [1.807, 2.05) is 60.5 Å². The Hall–Kier alpha value is -3.14. The number of carbonyl (C=O) groups is 1. The highest BCUT2D eigenvalue weighted by Crippen LogP contribution is 2.24. The first-order valence-electron chi connectivity index (χ1n) is 9.31. The van der Waals surface area contributed by atoms with Crippen LogP contribution < -0.4 is 10.2 Å².